The van der Waals surface area contributed by atoms with E-state index in [0.29, 0.717) is 0 Å². The molecule has 0 unspecified atom stereocenters. The Morgan fingerprint density at radius 2 is 1.68 bits per heavy atom. The van der Waals surface area contributed by atoms with E-state index in [1.54, 1.807) is 14.2 Å². The van der Waals surface area contributed by atoms with Gasteiger partial charge >= 0.3 is 0 Å². The number of rotatable bonds is 4. The second-order valence-corrected chi connectivity index (χ2v) is 4.50. The van der Waals surface area contributed by atoms with Crippen molar-refractivity contribution in [3.05, 3.63) is 47.7 Å². The molecule has 0 amide bonds. The van der Waals surface area contributed by atoms with E-state index in [0.717, 1.165) is 28.3 Å². The van der Waals surface area contributed by atoms with Crippen molar-refractivity contribution in [2.75, 3.05) is 14.2 Å². The quantitative estimate of drug-likeness (QED) is 0.835. The molecule has 1 heterocycles. The first-order chi connectivity index (χ1) is 9.15. The molecule has 100 valence electrons. The fourth-order valence-electron chi connectivity index (χ4n) is 1.96. The van der Waals surface area contributed by atoms with Crippen LogP contribution in [0, 0.1) is 6.92 Å². The highest BCUT2D eigenvalue weighted by molar-refractivity contribution is 5.66. The Labute approximate surface area is 114 Å². The lowest BCUT2D eigenvalue weighted by molar-refractivity contribution is 0.119. The largest absolute Gasteiger partial charge is 0.494 e. The molecule has 0 spiro atoms. The molecule has 19 heavy (non-hydrogen) atoms. The third kappa shape index (κ3) is 2.93. The minimum Gasteiger partial charge on any atom is -0.494 e. The monoisotopic (exact) mass is 257 g/mol. The van der Waals surface area contributed by atoms with E-state index in [9.17, 15) is 0 Å². The summed E-state index contributed by atoms with van der Waals surface area (Å²) in [5.41, 5.74) is 4.05. The highest BCUT2D eigenvalue weighted by Gasteiger charge is 2.09. The van der Waals surface area contributed by atoms with Gasteiger partial charge in [0.1, 0.15) is 11.4 Å². The molecule has 0 aliphatic rings. The summed E-state index contributed by atoms with van der Waals surface area (Å²) in [6.07, 6.45) is 0.0985. The van der Waals surface area contributed by atoms with Crippen molar-refractivity contribution in [2.45, 2.75) is 20.0 Å². The minimum atomic E-state index is 0.0985. The van der Waals surface area contributed by atoms with Gasteiger partial charge < -0.3 is 9.47 Å². The fourth-order valence-corrected chi connectivity index (χ4v) is 1.96. The van der Waals surface area contributed by atoms with Gasteiger partial charge in [-0.05, 0) is 31.5 Å². The van der Waals surface area contributed by atoms with Crippen LogP contribution in [0.4, 0.5) is 0 Å². The number of aromatic nitrogens is 1. The Balaban J connectivity index is 2.39. The van der Waals surface area contributed by atoms with Crippen LogP contribution in [0.1, 0.15) is 24.3 Å². The van der Waals surface area contributed by atoms with Gasteiger partial charge in [-0.2, -0.15) is 0 Å². The lowest BCUT2D eigenvalue weighted by Gasteiger charge is -2.12. The van der Waals surface area contributed by atoms with Crippen molar-refractivity contribution in [2.24, 2.45) is 0 Å². The Morgan fingerprint density at radius 3 is 2.26 bits per heavy atom. The molecular formula is C16H19NO2. The van der Waals surface area contributed by atoms with Crippen LogP contribution in [0.25, 0.3) is 11.3 Å². The summed E-state index contributed by atoms with van der Waals surface area (Å²) in [5, 5.41) is 0. The number of hydrogen-bond acceptors (Lipinski definition) is 3. The number of hydrogen-bond donors (Lipinski definition) is 0. The first-order valence-electron chi connectivity index (χ1n) is 6.30. The maximum Gasteiger partial charge on any atom is 0.145 e. The third-order valence-electron chi connectivity index (χ3n) is 3.22. The van der Waals surface area contributed by atoms with Gasteiger partial charge in [-0.15, -0.1) is 0 Å². The Morgan fingerprint density at radius 1 is 1.00 bits per heavy atom. The number of nitrogens with zero attached hydrogens (tertiary/aromatic N) is 1. The van der Waals surface area contributed by atoms with Crippen LogP contribution in [-0.2, 0) is 4.74 Å². The van der Waals surface area contributed by atoms with Crippen LogP contribution in [0.3, 0.4) is 0 Å². The standard InChI is InChI=1S/C16H19NO2/c1-11-5-10-15(19-4)16(17-11)14-8-6-13(7-9-14)12(2)18-3/h5-10,12H,1-4H3/t12-/m1/s1. The number of ether oxygens (including phenoxy) is 2. The molecular weight excluding hydrogens is 238 g/mol. The normalized spacial score (nSPS) is 12.2. The van der Waals surface area contributed by atoms with E-state index in [1.165, 1.54) is 0 Å². The topological polar surface area (TPSA) is 31.4 Å². The smallest absolute Gasteiger partial charge is 0.145 e. The molecule has 1 aromatic carbocycles. The van der Waals surface area contributed by atoms with Crippen molar-refractivity contribution >= 4 is 0 Å². The first kappa shape index (κ1) is 13.6. The lowest BCUT2D eigenvalue weighted by Crippen LogP contribution is -1.96. The van der Waals surface area contributed by atoms with Crippen molar-refractivity contribution in [1.82, 2.24) is 4.98 Å². The molecule has 0 aliphatic heterocycles. The number of benzene rings is 1. The van der Waals surface area contributed by atoms with E-state index < -0.39 is 0 Å². The van der Waals surface area contributed by atoms with Crippen LogP contribution in [-0.4, -0.2) is 19.2 Å². The molecule has 2 aromatic rings. The molecule has 0 N–H and O–H groups in total. The summed E-state index contributed by atoms with van der Waals surface area (Å²) in [5.74, 6) is 0.790. The lowest BCUT2D eigenvalue weighted by atomic mass is 10.0. The van der Waals surface area contributed by atoms with Crippen LogP contribution < -0.4 is 4.74 Å². The maximum absolute atomic E-state index is 5.37. The van der Waals surface area contributed by atoms with E-state index in [1.807, 2.05) is 26.0 Å². The van der Waals surface area contributed by atoms with Gasteiger partial charge in [0.15, 0.2) is 0 Å². The van der Waals surface area contributed by atoms with Crippen molar-refractivity contribution < 1.29 is 9.47 Å². The van der Waals surface area contributed by atoms with E-state index in [-0.39, 0.29) is 6.10 Å². The maximum atomic E-state index is 5.37. The highest BCUT2D eigenvalue weighted by atomic mass is 16.5. The molecule has 0 aliphatic carbocycles. The Kier molecular flexibility index (Phi) is 4.17. The summed E-state index contributed by atoms with van der Waals surface area (Å²) in [4.78, 5) is 4.55. The molecule has 0 saturated carbocycles. The summed E-state index contributed by atoms with van der Waals surface area (Å²) in [6.45, 7) is 4.00. The van der Waals surface area contributed by atoms with Crippen molar-refractivity contribution in [3.8, 4) is 17.0 Å². The second-order valence-electron chi connectivity index (χ2n) is 4.50. The van der Waals surface area contributed by atoms with Gasteiger partial charge in [-0.25, -0.2) is 4.98 Å². The SMILES string of the molecule is COc1ccc(C)nc1-c1ccc([C@@H](C)OC)cc1. The van der Waals surface area contributed by atoms with Gasteiger partial charge in [0.25, 0.3) is 0 Å². The van der Waals surface area contributed by atoms with Crippen LogP contribution in [0.5, 0.6) is 5.75 Å². The van der Waals surface area contributed by atoms with Crippen LogP contribution in [0.2, 0.25) is 0 Å². The molecule has 0 radical (unpaired) electrons. The van der Waals surface area contributed by atoms with Gasteiger partial charge in [0.05, 0.1) is 13.2 Å². The predicted molar refractivity (Wildman–Crippen MR) is 76.4 cm³/mol. The van der Waals surface area contributed by atoms with E-state index in [2.05, 4.69) is 29.2 Å². The molecule has 1 aromatic heterocycles. The predicted octanol–water partition coefficient (Wildman–Crippen LogP) is 3.77. The van der Waals surface area contributed by atoms with Crippen molar-refractivity contribution in [3.63, 3.8) is 0 Å². The molecule has 2 rings (SSSR count). The highest BCUT2D eigenvalue weighted by Crippen LogP contribution is 2.29. The number of methoxy groups -OCH3 is 2. The fraction of sp³-hybridized carbons (Fsp3) is 0.312. The zero-order valence-electron chi connectivity index (χ0n) is 11.8. The molecule has 0 bridgehead atoms. The number of pyridine rings is 1. The van der Waals surface area contributed by atoms with E-state index >= 15 is 0 Å². The Hall–Kier alpha value is -1.87. The summed E-state index contributed by atoms with van der Waals surface area (Å²) in [6, 6.07) is 12.1. The minimum absolute atomic E-state index is 0.0985. The summed E-state index contributed by atoms with van der Waals surface area (Å²) >= 11 is 0. The van der Waals surface area contributed by atoms with Gasteiger partial charge in [-0.1, -0.05) is 24.3 Å². The number of aryl methyl sites for hydroxylation is 1. The van der Waals surface area contributed by atoms with Crippen LogP contribution in [0.15, 0.2) is 36.4 Å². The van der Waals surface area contributed by atoms with Crippen LogP contribution >= 0.6 is 0 Å². The zero-order chi connectivity index (χ0) is 13.8. The molecule has 1 atom stereocenters. The molecule has 3 heteroatoms. The van der Waals surface area contributed by atoms with E-state index in [4.69, 9.17) is 9.47 Å². The zero-order valence-corrected chi connectivity index (χ0v) is 11.8. The average molecular weight is 257 g/mol. The molecule has 0 saturated heterocycles. The summed E-state index contributed by atoms with van der Waals surface area (Å²) < 4.78 is 10.7. The van der Waals surface area contributed by atoms with Gasteiger partial charge in [0, 0.05) is 18.4 Å². The first-order valence-corrected chi connectivity index (χ1v) is 6.30. The molecule has 0 fully saturated rings. The summed E-state index contributed by atoms with van der Waals surface area (Å²) in [7, 11) is 3.38. The second kappa shape index (κ2) is 5.85. The molecule has 3 nitrogen and oxygen atoms in total. The van der Waals surface area contributed by atoms with Crippen molar-refractivity contribution in [1.29, 1.82) is 0 Å². The third-order valence-corrected chi connectivity index (χ3v) is 3.22. The van der Waals surface area contributed by atoms with Gasteiger partial charge in [-0.3, -0.25) is 0 Å². The average Bonchev–Trinajstić information content (AvgIpc) is 2.46. The Bertz CT molecular complexity index is 549. The van der Waals surface area contributed by atoms with Gasteiger partial charge in [0.2, 0.25) is 0 Å².